The smallest absolute Gasteiger partial charge is 0.334 e. The lowest BCUT2D eigenvalue weighted by Crippen LogP contribution is -2.16. The Morgan fingerprint density at radius 3 is 2.50 bits per heavy atom. The molecule has 7 heteroatoms. The maximum absolute atomic E-state index is 12.4. The summed E-state index contributed by atoms with van der Waals surface area (Å²) in [6.07, 6.45) is -2.03. The van der Waals surface area contributed by atoms with E-state index in [2.05, 4.69) is 15.5 Å². The Labute approximate surface area is 113 Å². The zero-order valence-corrected chi connectivity index (χ0v) is 10.4. The minimum absolute atomic E-state index is 0.228. The number of hydrogen-bond donors (Lipinski definition) is 1. The van der Waals surface area contributed by atoms with Crippen LogP contribution in [-0.4, -0.2) is 16.2 Å². The summed E-state index contributed by atoms with van der Waals surface area (Å²) in [5.41, 5.74) is -0.223. The number of rotatable bonds is 4. The fourth-order valence-electron chi connectivity index (χ4n) is 1.77. The second kappa shape index (κ2) is 4.90. The fourth-order valence-corrected chi connectivity index (χ4v) is 1.77. The van der Waals surface area contributed by atoms with Gasteiger partial charge >= 0.3 is 6.18 Å². The molecular weight excluding hydrogens is 271 g/mol. The van der Waals surface area contributed by atoms with E-state index in [1.54, 1.807) is 0 Å². The molecule has 106 valence electrons. The average molecular weight is 283 g/mol. The maximum atomic E-state index is 12.4. The summed E-state index contributed by atoms with van der Waals surface area (Å²) in [7, 11) is 0. The lowest BCUT2D eigenvalue weighted by molar-refractivity contribution is -0.137. The van der Waals surface area contributed by atoms with E-state index in [0.29, 0.717) is 24.0 Å². The highest BCUT2D eigenvalue weighted by atomic mass is 19.4. The number of alkyl halides is 3. The molecule has 0 radical (unpaired) electrons. The molecule has 20 heavy (non-hydrogen) atoms. The van der Waals surface area contributed by atoms with E-state index in [0.717, 1.165) is 25.0 Å². The number of hydrogen-bond acceptors (Lipinski definition) is 4. The SMILES string of the molecule is FC(F)(F)c1ccc(-c2nc(CNC3CC3)no2)cc1. The molecule has 1 aliphatic carbocycles. The lowest BCUT2D eigenvalue weighted by Gasteiger charge is -2.05. The van der Waals surface area contributed by atoms with Crippen LogP contribution in [0.3, 0.4) is 0 Å². The molecule has 0 unspecified atom stereocenters. The Hall–Kier alpha value is -1.89. The van der Waals surface area contributed by atoms with Crippen LogP contribution in [0.25, 0.3) is 11.5 Å². The van der Waals surface area contributed by atoms with Crippen LogP contribution in [-0.2, 0) is 12.7 Å². The van der Waals surface area contributed by atoms with E-state index in [1.165, 1.54) is 12.1 Å². The molecular formula is C13H12F3N3O. The lowest BCUT2D eigenvalue weighted by atomic mass is 10.1. The molecule has 0 spiro atoms. The third kappa shape index (κ3) is 2.98. The molecule has 1 saturated carbocycles. The van der Waals surface area contributed by atoms with Crippen molar-refractivity contribution in [2.24, 2.45) is 0 Å². The summed E-state index contributed by atoms with van der Waals surface area (Å²) in [5.74, 6) is 0.734. The van der Waals surface area contributed by atoms with E-state index in [1.807, 2.05) is 0 Å². The van der Waals surface area contributed by atoms with Crippen LogP contribution < -0.4 is 5.32 Å². The van der Waals surface area contributed by atoms with Crippen molar-refractivity contribution >= 4 is 0 Å². The van der Waals surface area contributed by atoms with Crippen molar-refractivity contribution in [3.8, 4) is 11.5 Å². The number of nitrogens with one attached hydrogen (secondary N) is 1. The third-order valence-electron chi connectivity index (χ3n) is 3.05. The molecule has 1 aliphatic rings. The zero-order chi connectivity index (χ0) is 14.2. The van der Waals surface area contributed by atoms with Gasteiger partial charge in [-0.3, -0.25) is 0 Å². The molecule has 1 aromatic carbocycles. The van der Waals surface area contributed by atoms with Crippen molar-refractivity contribution in [2.75, 3.05) is 0 Å². The van der Waals surface area contributed by atoms with Crippen LogP contribution in [0.5, 0.6) is 0 Å². The van der Waals surface area contributed by atoms with Crippen molar-refractivity contribution in [3.05, 3.63) is 35.7 Å². The first kappa shape index (κ1) is 13.1. The minimum atomic E-state index is -4.34. The highest BCUT2D eigenvalue weighted by Crippen LogP contribution is 2.30. The first-order valence-corrected chi connectivity index (χ1v) is 6.26. The Morgan fingerprint density at radius 1 is 1.20 bits per heavy atom. The standard InChI is InChI=1S/C13H12F3N3O/c14-13(15,16)9-3-1-8(2-4-9)12-18-11(19-20-12)7-17-10-5-6-10/h1-4,10,17H,5-7H2. The van der Waals surface area contributed by atoms with E-state index < -0.39 is 11.7 Å². The third-order valence-corrected chi connectivity index (χ3v) is 3.05. The van der Waals surface area contributed by atoms with Gasteiger partial charge in [0.1, 0.15) is 0 Å². The summed E-state index contributed by atoms with van der Waals surface area (Å²) in [5, 5.41) is 7.03. The highest BCUT2D eigenvalue weighted by Gasteiger charge is 2.30. The molecule has 0 bridgehead atoms. The summed E-state index contributed by atoms with van der Waals surface area (Å²) in [6, 6.07) is 5.19. The largest absolute Gasteiger partial charge is 0.416 e. The van der Waals surface area contributed by atoms with Gasteiger partial charge in [-0.2, -0.15) is 18.2 Å². The van der Waals surface area contributed by atoms with Crippen molar-refractivity contribution in [1.29, 1.82) is 0 Å². The van der Waals surface area contributed by atoms with Gasteiger partial charge in [-0.15, -0.1) is 0 Å². The van der Waals surface area contributed by atoms with Gasteiger partial charge in [0, 0.05) is 11.6 Å². The quantitative estimate of drug-likeness (QED) is 0.937. The van der Waals surface area contributed by atoms with Crippen molar-refractivity contribution in [2.45, 2.75) is 31.6 Å². The maximum Gasteiger partial charge on any atom is 0.416 e. The van der Waals surface area contributed by atoms with Gasteiger partial charge < -0.3 is 9.84 Å². The van der Waals surface area contributed by atoms with Crippen LogP contribution >= 0.6 is 0 Å². The van der Waals surface area contributed by atoms with Gasteiger partial charge in [0.2, 0.25) is 0 Å². The van der Waals surface area contributed by atoms with Crippen LogP contribution in [0.4, 0.5) is 13.2 Å². The molecule has 1 aromatic heterocycles. The second-order valence-corrected chi connectivity index (χ2v) is 4.75. The highest BCUT2D eigenvalue weighted by molar-refractivity contribution is 5.53. The van der Waals surface area contributed by atoms with Gasteiger partial charge in [0.05, 0.1) is 12.1 Å². The minimum Gasteiger partial charge on any atom is -0.334 e. The van der Waals surface area contributed by atoms with E-state index in [-0.39, 0.29) is 5.89 Å². The number of halogens is 3. The normalized spacial score (nSPS) is 15.6. The first-order chi connectivity index (χ1) is 9.52. The topological polar surface area (TPSA) is 51.0 Å². The Bertz CT molecular complexity index is 588. The Kier molecular flexibility index (Phi) is 3.21. The van der Waals surface area contributed by atoms with Crippen LogP contribution in [0.15, 0.2) is 28.8 Å². The van der Waals surface area contributed by atoms with Gasteiger partial charge in [-0.1, -0.05) is 5.16 Å². The van der Waals surface area contributed by atoms with E-state index >= 15 is 0 Å². The molecule has 0 saturated heterocycles. The zero-order valence-electron chi connectivity index (χ0n) is 10.4. The van der Waals surface area contributed by atoms with Crippen LogP contribution in [0.1, 0.15) is 24.2 Å². The van der Waals surface area contributed by atoms with E-state index in [9.17, 15) is 13.2 Å². The predicted octanol–water partition coefficient (Wildman–Crippen LogP) is 3.01. The molecule has 1 N–H and O–H groups in total. The fraction of sp³-hybridized carbons (Fsp3) is 0.385. The number of aromatic nitrogens is 2. The molecule has 4 nitrogen and oxygen atoms in total. The van der Waals surface area contributed by atoms with Gasteiger partial charge in [-0.05, 0) is 37.1 Å². The van der Waals surface area contributed by atoms with Crippen LogP contribution in [0.2, 0.25) is 0 Å². The van der Waals surface area contributed by atoms with Crippen molar-refractivity contribution in [1.82, 2.24) is 15.5 Å². The Morgan fingerprint density at radius 2 is 1.90 bits per heavy atom. The number of benzene rings is 1. The summed E-state index contributed by atoms with van der Waals surface area (Å²) >= 11 is 0. The molecule has 2 aromatic rings. The summed E-state index contributed by atoms with van der Waals surface area (Å²) in [4.78, 5) is 4.15. The molecule has 1 heterocycles. The van der Waals surface area contributed by atoms with Crippen LogP contribution in [0, 0.1) is 0 Å². The van der Waals surface area contributed by atoms with Gasteiger partial charge in [0.25, 0.3) is 5.89 Å². The summed E-state index contributed by atoms with van der Waals surface area (Å²) in [6.45, 7) is 0.509. The molecule has 0 aliphatic heterocycles. The van der Waals surface area contributed by atoms with E-state index in [4.69, 9.17) is 4.52 Å². The van der Waals surface area contributed by atoms with Crippen molar-refractivity contribution < 1.29 is 17.7 Å². The van der Waals surface area contributed by atoms with Gasteiger partial charge in [0.15, 0.2) is 5.82 Å². The molecule has 1 fully saturated rings. The van der Waals surface area contributed by atoms with Gasteiger partial charge in [-0.25, -0.2) is 0 Å². The van der Waals surface area contributed by atoms with Crippen molar-refractivity contribution in [3.63, 3.8) is 0 Å². The monoisotopic (exact) mass is 283 g/mol. The second-order valence-electron chi connectivity index (χ2n) is 4.75. The molecule has 0 amide bonds. The first-order valence-electron chi connectivity index (χ1n) is 6.26. The average Bonchev–Trinajstić information content (AvgIpc) is 3.13. The molecule has 3 rings (SSSR count). The molecule has 0 atom stereocenters. The summed E-state index contributed by atoms with van der Waals surface area (Å²) < 4.78 is 42.4. The Balaban J connectivity index is 1.71. The number of nitrogens with zero attached hydrogens (tertiary/aromatic N) is 2. The predicted molar refractivity (Wildman–Crippen MR) is 64.6 cm³/mol.